The standard InChI is InChI=1S/C31H32ClN5O3S2/c1-20-16-21(2)34-30(33-20)42-19-28(38)37(17-27-36-26(18-41-27)22-6-8-23(32)9-7-22)31(14-4-5-15-31)29(39)35-24-10-12-25(40-3)13-11-24/h6-13,16,18H,4-5,14-15,17,19H2,1-3H3,(H,35,39). The van der Waals surface area contributed by atoms with Crippen molar-refractivity contribution in [3.05, 3.63) is 81.4 Å². The van der Waals surface area contributed by atoms with Gasteiger partial charge in [-0.25, -0.2) is 15.0 Å². The number of aromatic nitrogens is 3. The van der Waals surface area contributed by atoms with Gasteiger partial charge >= 0.3 is 0 Å². The van der Waals surface area contributed by atoms with Crippen molar-refractivity contribution < 1.29 is 14.3 Å². The first-order chi connectivity index (χ1) is 20.3. The normalized spacial score (nSPS) is 14.0. The minimum atomic E-state index is -1.01. The van der Waals surface area contributed by atoms with Crippen LogP contribution in [0.25, 0.3) is 11.3 Å². The van der Waals surface area contributed by atoms with E-state index >= 15 is 0 Å². The second-order valence-corrected chi connectivity index (χ2v) is 12.6. The summed E-state index contributed by atoms with van der Waals surface area (Å²) in [5.74, 6) is 0.459. The van der Waals surface area contributed by atoms with Crippen molar-refractivity contribution in [3.8, 4) is 17.0 Å². The number of anilines is 1. The van der Waals surface area contributed by atoms with E-state index in [-0.39, 0.29) is 24.1 Å². The summed E-state index contributed by atoms with van der Waals surface area (Å²) >= 11 is 8.84. The fraction of sp³-hybridized carbons (Fsp3) is 0.323. The number of thioether (sulfide) groups is 1. The van der Waals surface area contributed by atoms with E-state index in [0.717, 1.165) is 40.5 Å². The third kappa shape index (κ3) is 6.94. The van der Waals surface area contributed by atoms with E-state index in [0.29, 0.717) is 34.5 Å². The molecule has 0 spiro atoms. The van der Waals surface area contributed by atoms with Gasteiger partial charge in [-0.1, -0.05) is 48.3 Å². The van der Waals surface area contributed by atoms with Crippen molar-refractivity contribution in [2.45, 2.75) is 56.8 Å². The molecule has 1 fully saturated rings. The molecule has 2 aromatic carbocycles. The van der Waals surface area contributed by atoms with Crippen molar-refractivity contribution in [2.75, 3.05) is 18.2 Å². The van der Waals surface area contributed by atoms with Gasteiger partial charge in [-0.05, 0) is 69.2 Å². The lowest BCUT2D eigenvalue weighted by molar-refractivity contribution is -0.144. The van der Waals surface area contributed by atoms with Crippen molar-refractivity contribution >= 4 is 52.2 Å². The topological polar surface area (TPSA) is 97.3 Å². The molecular formula is C31H32ClN5O3S2. The molecule has 2 heterocycles. The van der Waals surface area contributed by atoms with Gasteiger partial charge in [0.25, 0.3) is 0 Å². The lowest BCUT2D eigenvalue weighted by Crippen LogP contribution is -2.57. The Morgan fingerprint density at radius 2 is 1.69 bits per heavy atom. The molecule has 2 aromatic heterocycles. The number of amides is 2. The monoisotopic (exact) mass is 621 g/mol. The van der Waals surface area contributed by atoms with Crippen LogP contribution in [0.15, 0.2) is 65.1 Å². The minimum absolute atomic E-state index is 0.107. The fourth-order valence-electron chi connectivity index (χ4n) is 5.21. The highest BCUT2D eigenvalue weighted by Gasteiger charge is 2.48. The third-order valence-electron chi connectivity index (χ3n) is 7.29. The molecule has 1 aliphatic rings. The number of aryl methyl sites for hydroxylation is 2. The van der Waals surface area contributed by atoms with Crippen LogP contribution in [-0.4, -0.2) is 50.1 Å². The molecule has 0 bridgehead atoms. The van der Waals surface area contributed by atoms with E-state index in [4.69, 9.17) is 21.3 Å². The Balaban J connectivity index is 1.44. The summed E-state index contributed by atoms with van der Waals surface area (Å²) in [7, 11) is 1.60. The Hall–Kier alpha value is -3.47. The summed E-state index contributed by atoms with van der Waals surface area (Å²) < 4.78 is 5.26. The van der Waals surface area contributed by atoms with Crippen molar-refractivity contribution in [3.63, 3.8) is 0 Å². The smallest absolute Gasteiger partial charge is 0.250 e. The third-order valence-corrected chi connectivity index (χ3v) is 9.21. The van der Waals surface area contributed by atoms with Crippen molar-refractivity contribution in [2.24, 2.45) is 0 Å². The molecule has 5 rings (SSSR count). The largest absolute Gasteiger partial charge is 0.497 e. The second-order valence-electron chi connectivity index (χ2n) is 10.3. The molecule has 0 unspecified atom stereocenters. The number of nitrogens with one attached hydrogen (secondary N) is 1. The summed E-state index contributed by atoms with van der Waals surface area (Å²) in [6.07, 6.45) is 2.84. The molecule has 218 valence electrons. The molecular weight excluding hydrogens is 590 g/mol. The van der Waals surface area contributed by atoms with Crippen LogP contribution in [0.2, 0.25) is 5.02 Å². The van der Waals surface area contributed by atoms with E-state index in [1.54, 1.807) is 36.3 Å². The average molecular weight is 622 g/mol. The molecule has 0 aliphatic heterocycles. The molecule has 42 heavy (non-hydrogen) atoms. The predicted molar refractivity (Wildman–Crippen MR) is 168 cm³/mol. The van der Waals surface area contributed by atoms with Crippen LogP contribution < -0.4 is 10.1 Å². The Bertz CT molecular complexity index is 1530. The van der Waals surface area contributed by atoms with Crippen molar-refractivity contribution in [1.29, 1.82) is 0 Å². The first-order valence-electron chi connectivity index (χ1n) is 13.7. The molecule has 8 nitrogen and oxygen atoms in total. The summed E-state index contributed by atoms with van der Waals surface area (Å²) in [5.41, 5.74) is 3.08. The molecule has 1 N–H and O–H groups in total. The summed E-state index contributed by atoms with van der Waals surface area (Å²) in [6, 6.07) is 16.6. The van der Waals surface area contributed by atoms with Gasteiger partial charge in [-0.2, -0.15) is 0 Å². The number of rotatable bonds is 10. The maximum absolute atomic E-state index is 14.1. The molecule has 1 aliphatic carbocycles. The number of ether oxygens (including phenoxy) is 1. The average Bonchev–Trinajstić information content (AvgIpc) is 3.66. The number of hydrogen-bond donors (Lipinski definition) is 1. The summed E-state index contributed by atoms with van der Waals surface area (Å²) in [6.45, 7) is 4.04. The number of hydrogen-bond acceptors (Lipinski definition) is 8. The maximum atomic E-state index is 14.1. The Kier molecular flexibility index (Phi) is 9.45. The SMILES string of the molecule is COc1ccc(NC(=O)C2(N(Cc3nc(-c4ccc(Cl)cc4)cs3)C(=O)CSc3nc(C)cc(C)n3)CCCC2)cc1. The predicted octanol–water partition coefficient (Wildman–Crippen LogP) is 6.95. The highest BCUT2D eigenvalue weighted by Crippen LogP contribution is 2.39. The van der Waals surface area contributed by atoms with Gasteiger partial charge in [0, 0.05) is 33.0 Å². The van der Waals surface area contributed by atoms with Crippen molar-refractivity contribution in [1.82, 2.24) is 19.9 Å². The summed E-state index contributed by atoms with van der Waals surface area (Å²) in [5, 5.41) is 7.00. The minimum Gasteiger partial charge on any atom is -0.497 e. The second kappa shape index (κ2) is 13.2. The lowest BCUT2D eigenvalue weighted by atomic mass is 9.93. The molecule has 1 saturated carbocycles. The molecule has 0 saturated heterocycles. The first-order valence-corrected chi connectivity index (χ1v) is 15.9. The van der Waals surface area contributed by atoms with Gasteiger partial charge in [0.2, 0.25) is 11.8 Å². The molecule has 4 aromatic rings. The number of carbonyl (C=O) groups excluding carboxylic acids is 2. The quantitative estimate of drug-likeness (QED) is 0.151. The zero-order chi connectivity index (χ0) is 29.7. The van der Waals surface area contributed by atoms with Crippen LogP contribution in [0, 0.1) is 13.8 Å². The fourth-order valence-corrected chi connectivity index (χ4v) is 6.96. The van der Waals surface area contributed by atoms with Gasteiger partial charge in [0.15, 0.2) is 5.16 Å². The van der Waals surface area contributed by atoms with E-state index in [2.05, 4.69) is 15.3 Å². The van der Waals surface area contributed by atoms with Crippen LogP contribution in [-0.2, 0) is 16.1 Å². The van der Waals surface area contributed by atoms with Crippen LogP contribution in [0.3, 0.4) is 0 Å². The Labute approximate surface area is 258 Å². The Morgan fingerprint density at radius 3 is 2.33 bits per heavy atom. The number of thiazole rings is 1. The van der Waals surface area contributed by atoms with Crippen LogP contribution in [0.5, 0.6) is 5.75 Å². The number of nitrogens with zero attached hydrogens (tertiary/aromatic N) is 4. The van der Waals surface area contributed by atoms with Gasteiger partial charge in [-0.3, -0.25) is 9.59 Å². The van der Waals surface area contributed by atoms with Gasteiger partial charge < -0.3 is 15.0 Å². The highest BCUT2D eigenvalue weighted by atomic mass is 35.5. The van der Waals surface area contributed by atoms with Gasteiger partial charge in [0.1, 0.15) is 16.3 Å². The zero-order valence-corrected chi connectivity index (χ0v) is 26.1. The van der Waals surface area contributed by atoms with E-state index in [1.165, 1.54) is 23.1 Å². The van der Waals surface area contributed by atoms with Gasteiger partial charge in [0.05, 0.1) is 25.1 Å². The van der Waals surface area contributed by atoms with Crippen LogP contribution >= 0.6 is 34.7 Å². The van der Waals surface area contributed by atoms with E-state index in [1.807, 2.05) is 49.6 Å². The molecule has 0 radical (unpaired) electrons. The van der Waals surface area contributed by atoms with Crippen LogP contribution in [0.1, 0.15) is 42.1 Å². The number of benzene rings is 2. The molecule has 0 atom stereocenters. The first kappa shape index (κ1) is 30.0. The van der Waals surface area contributed by atoms with Crippen LogP contribution in [0.4, 0.5) is 5.69 Å². The maximum Gasteiger partial charge on any atom is 0.250 e. The number of carbonyl (C=O) groups is 2. The number of methoxy groups -OCH3 is 1. The summed E-state index contributed by atoms with van der Waals surface area (Å²) in [4.78, 5) is 43.7. The van der Waals surface area contributed by atoms with Gasteiger partial charge in [-0.15, -0.1) is 11.3 Å². The Morgan fingerprint density at radius 1 is 1.02 bits per heavy atom. The number of halogens is 1. The van der Waals surface area contributed by atoms with E-state index < -0.39 is 5.54 Å². The zero-order valence-electron chi connectivity index (χ0n) is 23.7. The highest BCUT2D eigenvalue weighted by molar-refractivity contribution is 7.99. The molecule has 2 amide bonds. The van der Waals surface area contributed by atoms with E-state index in [9.17, 15) is 9.59 Å². The lowest BCUT2D eigenvalue weighted by Gasteiger charge is -2.39. The molecule has 11 heteroatoms.